The summed E-state index contributed by atoms with van der Waals surface area (Å²) in [7, 11) is 3.05. The number of hydrogen-bond donors (Lipinski definition) is 1. The number of hydrogen-bond acceptors (Lipinski definition) is 6. The Morgan fingerprint density at radius 1 is 1.07 bits per heavy atom. The lowest BCUT2D eigenvalue weighted by Gasteiger charge is -2.12. The molecule has 4 rings (SSSR count). The summed E-state index contributed by atoms with van der Waals surface area (Å²) in [5.74, 6) is 0.268. The Labute approximate surface area is 165 Å². The van der Waals surface area contributed by atoms with Crippen LogP contribution in [0.2, 0.25) is 0 Å². The van der Waals surface area contributed by atoms with Gasteiger partial charge in [0.2, 0.25) is 0 Å². The number of ether oxygens (including phenoxy) is 3. The summed E-state index contributed by atoms with van der Waals surface area (Å²) in [6.07, 6.45) is 0. The maximum absolute atomic E-state index is 12.9. The zero-order chi connectivity index (χ0) is 20.5. The SMILES string of the molecule is CCOC(=O)c1c(-c2ccc(OC)c(OC)c2)c2oc3ccccc3c2[nH]c1=O. The van der Waals surface area contributed by atoms with Gasteiger partial charge in [-0.2, -0.15) is 0 Å². The number of methoxy groups -OCH3 is 2. The molecule has 0 aliphatic heterocycles. The van der Waals surface area contributed by atoms with Crippen LogP contribution in [-0.2, 0) is 4.74 Å². The summed E-state index contributed by atoms with van der Waals surface area (Å²) in [4.78, 5) is 28.3. The minimum absolute atomic E-state index is 0.120. The zero-order valence-corrected chi connectivity index (χ0v) is 16.2. The number of nitrogens with one attached hydrogen (secondary N) is 1. The van der Waals surface area contributed by atoms with E-state index in [-0.39, 0.29) is 12.2 Å². The molecule has 7 heteroatoms. The Morgan fingerprint density at radius 3 is 2.55 bits per heavy atom. The Bertz CT molecular complexity index is 1280. The molecule has 0 fully saturated rings. The molecule has 0 radical (unpaired) electrons. The molecule has 0 saturated carbocycles. The summed E-state index contributed by atoms with van der Waals surface area (Å²) >= 11 is 0. The molecule has 4 aromatic rings. The number of carbonyl (C=O) groups is 1. The predicted molar refractivity (Wildman–Crippen MR) is 109 cm³/mol. The summed E-state index contributed by atoms with van der Waals surface area (Å²) in [6, 6.07) is 12.5. The molecule has 29 heavy (non-hydrogen) atoms. The largest absolute Gasteiger partial charge is 0.493 e. The lowest BCUT2D eigenvalue weighted by molar-refractivity contribution is 0.0525. The van der Waals surface area contributed by atoms with Gasteiger partial charge < -0.3 is 23.6 Å². The van der Waals surface area contributed by atoms with Crippen molar-refractivity contribution in [1.29, 1.82) is 0 Å². The molecule has 0 atom stereocenters. The van der Waals surface area contributed by atoms with E-state index in [2.05, 4.69) is 4.98 Å². The van der Waals surface area contributed by atoms with Crippen molar-refractivity contribution >= 4 is 28.0 Å². The van der Waals surface area contributed by atoms with Gasteiger partial charge in [0.05, 0.1) is 26.3 Å². The van der Waals surface area contributed by atoms with Crippen molar-refractivity contribution in [3.63, 3.8) is 0 Å². The van der Waals surface area contributed by atoms with Crippen molar-refractivity contribution < 1.29 is 23.4 Å². The van der Waals surface area contributed by atoms with E-state index in [1.165, 1.54) is 14.2 Å². The van der Waals surface area contributed by atoms with Crippen molar-refractivity contribution in [3.05, 3.63) is 58.4 Å². The number of aromatic amines is 1. The molecule has 2 heterocycles. The number of carbonyl (C=O) groups excluding carboxylic acids is 1. The molecule has 1 N–H and O–H groups in total. The lowest BCUT2D eigenvalue weighted by Crippen LogP contribution is -2.21. The monoisotopic (exact) mass is 393 g/mol. The van der Waals surface area contributed by atoms with Gasteiger partial charge in [-0.1, -0.05) is 18.2 Å². The van der Waals surface area contributed by atoms with Gasteiger partial charge in [-0.3, -0.25) is 4.79 Å². The second kappa shape index (κ2) is 7.35. The third kappa shape index (κ3) is 3.00. The fourth-order valence-electron chi connectivity index (χ4n) is 3.41. The highest BCUT2D eigenvalue weighted by Crippen LogP contribution is 2.39. The standard InChI is InChI=1S/C22H19NO6/c1-4-28-22(25)18-17(12-9-10-15(26-2)16(11-12)27-3)20-19(23-21(18)24)13-7-5-6-8-14(13)29-20/h5-11H,4H2,1-3H3,(H,23,24). The third-order valence-corrected chi connectivity index (χ3v) is 4.69. The molecule has 0 bridgehead atoms. The van der Waals surface area contributed by atoms with Crippen molar-refractivity contribution in [2.75, 3.05) is 20.8 Å². The smallest absolute Gasteiger partial charge is 0.344 e. The number of rotatable bonds is 5. The van der Waals surface area contributed by atoms with Crippen LogP contribution in [0, 0.1) is 0 Å². The number of esters is 1. The van der Waals surface area contributed by atoms with Crippen LogP contribution in [0.3, 0.4) is 0 Å². The molecule has 148 valence electrons. The van der Waals surface area contributed by atoms with Crippen molar-refractivity contribution in [1.82, 2.24) is 4.98 Å². The van der Waals surface area contributed by atoms with Gasteiger partial charge in [0, 0.05) is 10.9 Å². The molecule has 0 amide bonds. The van der Waals surface area contributed by atoms with E-state index in [0.717, 1.165) is 5.39 Å². The van der Waals surface area contributed by atoms with Crippen LogP contribution in [-0.4, -0.2) is 31.8 Å². The maximum Gasteiger partial charge on any atom is 0.344 e. The van der Waals surface area contributed by atoms with E-state index < -0.39 is 11.5 Å². The van der Waals surface area contributed by atoms with Crippen molar-refractivity contribution in [3.8, 4) is 22.6 Å². The highest BCUT2D eigenvalue weighted by atomic mass is 16.5. The first-order valence-electron chi connectivity index (χ1n) is 9.06. The Hall–Kier alpha value is -3.74. The van der Waals surface area contributed by atoms with Crippen LogP contribution in [0.25, 0.3) is 33.2 Å². The molecule has 0 unspecified atom stereocenters. The number of H-pyrrole nitrogens is 1. The highest BCUT2D eigenvalue weighted by molar-refractivity contribution is 6.12. The molecule has 2 aromatic carbocycles. The third-order valence-electron chi connectivity index (χ3n) is 4.69. The first kappa shape index (κ1) is 18.6. The molecular weight excluding hydrogens is 374 g/mol. The Morgan fingerprint density at radius 2 is 1.83 bits per heavy atom. The summed E-state index contributed by atoms with van der Waals surface area (Å²) in [6.45, 7) is 1.82. The minimum Gasteiger partial charge on any atom is -0.493 e. The van der Waals surface area contributed by atoms with Crippen LogP contribution in [0.4, 0.5) is 0 Å². The van der Waals surface area contributed by atoms with E-state index in [1.54, 1.807) is 31.2 Å². The fraction of sp³-hybridized carbons (Fsp3) is 0.182. The van der Waals surface area contributed by atoms with Crippen LogP contribution >= 0.6 is 0 Å². The number of para-hydroxylation sites is 1. The molecule has 7 nitrogen and oxygen atoms in total. The first-order chi connectivity index (χ1) is 14.1. The first-order valence-corrected chi connectivity index (χ1v) is 9.06. The molecule has 0 aliphatic carbocycles. The van der Waals surface area contributed by atoms with E-state index in [4.69, 9.17) is 18.6 Å². The molecule has 2 aromatic heterocycles. The van der Waals surface area contributed by atoms with Crippen LogP contribution in [0.15, 0.2) is 51.7 Å². The van der Waals surface area contributed by atoms with Crippen molar-refractivity contribution in [2.24, 2.45) is 0 Å². The Balaban J connectivity index is 2.13. The van der Waals surface area contributed by atoms with Gasteiger partial charge in [0.15, 0.2) is 17.1 Å². The van der Waals surface area contributed by atoms with E-state index in [0.29, 0.717) is 39.3 Å². The second-order valence-electron chi connectivity index (χ2n) is 6.30. The molecular formula is C22H19NO6. The van der Waals surface area contributed by atoms with E-state index in [9.17, 15) is 9.59 Å². The van der Waals surface area contributed by atoms with Gasteiger partial charge in [-0.05, 0) is 36.8 Å². The maximum atomic E-state index is 12.9. The van der Waals surface area contributed by atoms with Crippen molar-refractivity contribution in [2.45, 2.75) is 6.92 Å². The molecule has 0 spiro atoms. The van der Waals surface area contributed by atoms with Gasteiger partial charge >= 0.3 is 5.97 Å². The Kier molecular flexibility index (Phi) is 4.72. The average Bonchev–Trinajstić information content (AvgIpc) is 3.10. The number of benzene rings is 2. The van der Waals surface area contributed by atoms with Crippen LogP contribution < -0.4 is 15.0 Å². The van der Waals surface area contributed by atoms with E-state index >= 15 is 0 Å². The average molecular weight is 393 g/mol. The summed E-state index contributed by atoms with van der Waals surface area (Å²) < 4.78 is 21.9. The fourth-order valence-corrected chi connectivity index (χ4v) is 3.41. The zero-order valence-electron chi connectivity index (χ0n) is 16.2. The van der Waals surface area contributed by atoms with Crippen LogP contribution in [0.5, 0.6) is 11.5 Å². The van der Waals surface area contributed by atoms with Gasteiger partial charge in [-0.15, -0.1) is 0 Å². The number of furan rings is 1. The number of pyridine rings is 1. The molecule has 0 saturated heterocycles. The van der Waals surface area contributed by atoms with Gasteiger partial charge in [0.25, 0.3) is 5.56 Å². The van der Waals surface area contributed by atoms with E-state index in [1.807, 2.05) is 18.2 Å². The predicted octanol–water partition coefficient (Wildman–Crippen LogP) is 4.14. The summed E-state index contributed by atoms with van der Waals surface area (Å²) in [5, 5.41) is 0.747. The molecule has 0 aliphatic rings. The highest BCUT2D eigenvalue weighted by Gasteiger charge is 2.26. The van der Waals surface area contributed by atoms with Gasteiger partial charge in [-0.25, -0.2) is 4.79 Å². The number of aromatic nitrogens is 1. The van der Waals surface area contributed by atoms with Gasteiger partial charge in [0.1, 0.15) is 11.1 Å². The number of fused-ring (bicyclic) bond motifs is 3. The quantitative estimate of drug-likeness (QED) is 0.513. The summed E-state index contributed by atoms with van der Waals surface area (Å²) in [5.41, 5.74) is 1.75. The lowest BCUT2D eigenvalue weighted by atomic mass is 9.99. The second-order valence-corrected chi connectivity index (χ2v) is 6.30. The normalized spacial score (nSPS) is 11.0. The minimum atomic E-state index is -0.721. The van der Waals surface area contributed by atoms with Crippen LogP contribution in [0.1, 0.15) is 17.3 Å². The topological polar surface area (TPSA) is 90.8 Å².